The number of aryl methyl sites for hydroxylation is 2. The fourth-order valence-corrected chi connectivity index (χ4v) is 2.26. The summed E-state index contributed by atoms with van der Waals surface area (Å²) in [6, 6.07) is 14.6. The van der Waals surface area contributed by atoms with Crippen LogP contribution in [0.15, 0.2) is 42.5 Å². The fraction of sp³-hybridized carbons (Fsp3) is 0.400. The summed E-state index contributed by atoms with van der Waals surface area (Å²) in [4.78, 5) is 0. The van der Waals surface area contributed by atoms with Crippen molar-refractivity contribution in [2.45, 2.75) is 27.7 Å². The Kier molecular flexibility index (Phi) is 6.33. The first kappa shape index (κ1) is 17.2. The van der Waals surface area contributed by atoms with E-state index in [1.807, 2.05) is 12.1 Å². The minimum atomic E-state index is 0.545. The van der Waals surface area contributed by atoms with Gasteiger partial charge in [-0.3, -0.25) is 0 Å². The van der Waals surface area contributed by atoms with Gasteiger partial charge in [0.05, 0.1) is 6.61 Å². The lowest BCUT2D eigenvalue weighted by molar-refractivity contribution is 0.271. The molecule has 2 aromatic rings. The van der Waals surface area contributed by atoms with Gasteiger partial charge in [0.15, 0.2) is 0 Å². The molecule has 124 valence electrons. The SMILES string of the molecule is Cc1ccc(C)c(NCCNc2ccc(OCC(C)C)cc2)c1. The number of anilines is 2. The zero-order valence-electron chi connectivity index (χ0n) is 14.6. The van der Waals surface area contributed by atoms with Crippen molar-refractivity contribution < 1.29 is 4.74 Å². The van der Waals surface area contributed by atoms with Gasteiger partial charge in [0, 0.05) is 24.5 Å². The predicted octanol–water partition coefficient (Wildman–Crippen LogP) is 4.86. The summed E-state index contributed by atoms with van der Waals surface area (Å²) >= 11 is 0. The first-order chi connectivity index (χ1) is 11.0. The molecule has 0 saturated carbocycles. The molecule has 2 aromatic carbocycles. The van der Waals surface area contributed by atoms with Gasteiger partial charge in [-0.2, -0.15) is 0 Å². The molecule has 0 saturated heterocycles. The molecule has 0 radical (unpaired) electrons. The number of rotatable bonds is 8. The molecule has 0 spiro atoms. The molecular weight excluding hydrogens is 284 g/mol. The third-order valence-corrected chi connectivity index (χ3v) is 3.60. The van der Waals surface area contributed by atoms with Crippen molar-refractivity contribution >= 4 is 11.4 Å². The summed E-state index contributed by atoms with van der Waals surface area (Å²) in [5.41, 5.74) is 4.89. The van der Waals surface area contributed by atoms with Crippen LogP contribution < -0.4 is 15.4 Å². The molecular formula is C20H28N2O. The average molecular weight is 312 g/mol. The van der Waals surface area contributed by atoms with Gasteiger partial charge in [-0.25, -0.2) is 0 Å². The zero-order chi connectivity index (χ0) is 16.7. The summed E-state index contributed by atoms with van der Waals surface area (Å²) < 4.78 is 5.69. The summed E-state index contributed by atoms with van der Waals surface area (Å²) in [6.45, 7) is 11.1. The van der Waals surface area contributed by atoms with E-state index in [1.165, 1.54) is 16.8 Å². The molecule has 0 aliphatic rings. The average Bonchev–Trinajstić information content (AvgIpc) is 2.53. The van der Waals surface area contributed by atoms with Crippen LogP contribution >= 0.6 is 0 Å². The van der Waals surface area contributed by atoms with Crippen molar-refractivity contribution in [2.75, 3.05) is 30.3 Å². The topological polar surface area (TPSA) is 33.3 Å². The maximum Gasteiger partial charge on any atom is 0.119 e. The van der Waals surface area contributed by atoms with E-state index in [1.54, 1.807) is 0 Å². The van der Waals surface area contributed by atoms with E-state index in [4.69, 9.17) is 4.74 Å². The van der Waals surface area contributed by atoms with Gasteiger partial charge in [0.25, 0.3) is 0 Å². The van der Waals surface area contributed by atoms with E-state index < -0.39 is 0 Å². The van der Waals surface area contributed by atoms with Gasteiger partial charge in [0.1, 0.15) is 5.75 Å². The minimum absolute atomic E-state index is 0.545. The molecule has 23 heavy (non-hydrogen) atoms. The van der Waals surface area contributed by atoms with Crippen molar-refractivity contribution in [3.8, 4) is 5.75 Å². The number of hydrogen-bond donors (Lipinski definition) is 2. The van der Waals surface area contributed by atoms with Crippen LogP contribution in [0.5, 0.6) is 5.75 Å². The number of benzene rings is 2. The second-order valence-corrected chi connectivity index (χ2v) is 6.40. The van der Waals surface area contributed by atoms with Crippen LogP contribution in [0.3, 0.4) is 0 Å². The van der Waals surface area contributed by atoms with Gasteiger partial charge in [-0.1, -0.05) is 26.0 Å². The number of ether oxygens (including phenoxy) is 1. The van der Waals surface area contributed by atoms with E-state index in [0.717, 1.165) is 31.1 Å². The fourth-order valence-electron chi connectivity index (χ4n) is 2.26. The predicted molar refractivity (Wildman–Crippen MR) is 99.7 cm³/mol. The van der Waals surface area contributed by atoms with Crippen LogP contribution in [0, 0.1) is 19.8 Å². The van der Waals surface area contributed by atoms with Crippen molar-refractivity contribution in [3.63, 3.8) is 0 Å². The molecule has 3 nitrogen and oxygen atoms in total. The van der Waals surface area contributed by atoms with Crippen LogP contribution in [-0.2, 0) is 0 Å². The minimum Gasteiger partial charge on any atom is -0.493 e. The molecule has 2 N–H and O–H groups in total. The first-order valence-electron chi connectivity index (χ1n) is 8.32. The standard InChI is InChI=1S/C20H28N2O/c1-15(2)14-23-19-9-7-18(8-10-19)21-11-12-22-20-13-16(3)5-6-17(20)4/h5-10,13,15,21-22H,11-12,14H2,1-4H3. The highest BCUT2D eigenvalue weighted by Crippen LogP contribution is 2.17. The summed E-state index contributed by atoms with van der Waals surface area (Å²) in [6.07, 6.45) is 0. The maximum atomic E-state index is 5.69. The quantitative estimate of drug-likeness (QED) is 0.683. The van der Waals surface area contributed by atoms with Gasteiger partial charge in [-0.15, -0.1) is 0 Å². The molecule has 0 atom stereocenters. The lowest BCUT2D eigenvalue weighted by Gasteiger charge is -2.12. The second-order valence-electron chi connectivity index (χ2n) is 6.40. The Morgan fingerprint density at radius 3 is 2.30 bits per heavy atom. The van der Waals surface area contributed by atoms with Crippen LogP contribution in [0.1, 0.15) is 25.0 Å². The van der Waals surface area contributed by atoms with Crippen LogP contribution in [0.25, 0.3) is 0 Å². The smallest absolute Gasteiger partial charge is 0.119 e. The number of nitrogens with one attached hydrogen (secondary N) is 2. The van der Waals surface area contributed by atoms with E-state index in [0.29, 0.717) is 5.92 Å². The third-order valence-electron chi connectivity index (χ3n) is 3.60. The molecule has 0 fully saturated rings. The Balaban J connectivity index is 1.74. The van der Waals surface area contributed by atoms with Crippen molar-refractivity contribution in [1.29, 1.82) is 0 Å². The maximum absolute atomic E-state index is 5.69. The Bertz CT molecular complexity index is 606. The van der Waals surface area contributed by atoms with Gasteiger partial charge in [0.2, 0.25) is 0 Å². The molecule has 0 aliphatic heterocycles. The van der Waals surface area contributed by atoms with Crippen molar-refractivity contribution in [1.82, 2.24) is 0 Å². The molecule has 0 unspecified atom stereocenters. The zero-order valence-corrected chi connectivity index (χ0v) is 14.6. The lowest BCUT2D eigenvalue weighted by atomic mass is 10.1. The van der Waals surface area contributed by atoms with Gasteiger partial charge >= 0.3 is 0 Å². The molecule has 0 aliphatic carbocycles. The van der Waals surface area contributed by atoms with Crippen LogP contribution in [0.2, 0.25) is 0 Å². The third kappa shape index (κ3) is 5.85. The first-order valence-corrected chi connectivity index (χ1v) is 8.32. The van der Waals surface area contributed by atoms with Crippen LogP contribution in [-0.4, -0.2) is 19.7 Å². The Labute approximate surface area is 140 Å². The van der Waals surface area contributed by atoms with E-state index in [9.17, 15) is 0 Å². The Morgan fingerprint density at radius 1 is 0.913 bits per heavy atom. The summed E-state index contributed by atoms with van der Waals surface area (Å²) in [5.74, 6) is 1.47. The van der Waals surface area contributed by atoms with Gasteiger partial charge < -0.3 is 15.4 Å². The highest BCUT2D eigenvalue weighted by molar-refractivity contribution is 5.53. The second kappa shape index (κ2) is 8.47. The summed E-state index contributed by atoms with van der Waals surface area (Å²) in [7, 11) is 0. The summed E-state index contributed by atoms with van der Waals surface area (Å²) in [5, 5.41) is 6.90. The molecule has 0 heterocycles. The highest BCUT2D eigenvalue weighted by atomic mass is 16.5. The molecule has 3 heteroatoms. The van der Waals surface area contributed by atoms with Crippen LogP contribution in [0.4, 0.5) is 11.4 Å². The largest absolute Gasteiger partial charge is 0.493 e. The number of hydrogen-bond acceptors (Lipinski definition) is 3. The molecule has 0 aromatic heterocycles. The van der Waals surface area contributed by atoms with E-state index >= 15 is 0 Å². The Morgan fingerprint density at radius 2 is 1.61 bits per heavy atom. The molecule has 0 amide bonds. The lowest BCUT2D eigenvalue weighted by Crippen LogP contribution is -2.14. The van der Waals surface area contributed by atoms with E-state index in [2.05, 4.69) is 68.7 Å². The van der Waals surface area contributed by atoms with Crippen molar-refractivity contribution in [2.24, 2.45) is 5.92 Å². The van der Waals surface area contributed by atoms with Crippen molar-refractivity contribution in [3.05, 3.63) is 53.6 Å². The Hall–Kier alpha value is -2.16. The normalized spacial score (nSPS) is 10.7. The van der Waals surface area contributed by atoms with Gasteiger partial charge in [-0.05, 0) is 61.2 Å². The molecule has 2 rings (SSSR count). The monoisotopic (exact) mass is 312 g/mol. The van der Waals surface area contributed by atoms with E-state index in [-0.39, 0.29) is 0 Å². The highest BCUT2D eigenvalue weighted by Gasteiger charge is 1.99. The molecule has 0 bridgehead atoms.